The Labute approximate surface area is 118 Å². The number of rotatable bonds is 5. The molecular weight excluding hydrogens is 254 g/mol. The second-order valence-corrected chi connectivity index (χ2v) is 5.15. The number of ether oxygens (including phenoxy) is 1. The Balaban J connectivity index is 1.51. The van der Waals surface area contributed by atoms with Gasteiger partial charge in [-0.3, -0.25) is 0 Å². The van der Waals surface area contributed by atoms with E-state index in [0.29, 0.717) is 18.9 Å². The molecule has 1 aliphatic rings. The molecule has 20 heavy (non-hydrogen) atoms. The van der Waals surface area contributed by atoms with Crippen LogP contribution >= 0.6 is 0 Å². The molecular formula is C15H19N3O2. The molecule has 1 aromatic heterocycles. The molecule has 1 saturated heterocycles. The van der Waals surface area contributed by atoms with Gasteiger partial charge in [-0.05, 0) is 37.6 Å². The highest BCUT2D eigenvalue weighted by Gasteiger charge is 2.22. The first kappa shape index (κ1) is 13.1. The number of hydrogen-bond donors (Lipinski definition) is 1. The van der Waals surface area contributed by atoms with Crippen LogP contribution in [0.2, 0.25) is 0 Å². The van der Waals surface area contributed by atoms with Gasteiger partial charge in [-0.15, -0.1) is 0 Å². The van der Waals surface area contributed by atoms with Crippen LogP contribution in [0.5, 0.6) is 5.75 Å². The van der Waals surface area contributed by atoms with Crippen LogP contribution in [-0.2, 0) is 6.42 Å². The van der Waals surface area contributed by atoms with Crippen LogP contribution in [0.15, 0.2) is 28.8 Å². The lowest BCUT2D eigenvalue weighted by Crippen LogP contribution is -2.08. The number of aryl methyl sites for hydroxylation is 1. The summed E-state index contributed by atoms with van der Waals surface area (Å²) in [6, 6.07) is 8.02. The zero-order valence-electron chi connectivity index (χ0n) is 11.6. The lowest BCUT2D eigenvalue weighted by molar-refractivity contribution is 0.312. The smallest absolute Gasteiger partial charge is 0.231 e. The molecule has 0 aliphatic carbocycles. The summed E-state index contributed by atoms with van der Waals surface area (Å²) in [4.78, 5) is 4.44. The maximum absolute atomic E-state index is 5.69. The highest BCUT2D eigenvalue weighted by molar-refractivity contribution is 5.27. The Morgan fingerprint density at radius 2 is 2.40 bits per heavy atom. The van der Waals surface area contributed by atoms with E-state index < -0.39 is 0 Å². The molecule has 0 radical (unpaired) electrons. The van der Waals surface area contributed by atoms with Crippen LogP contribution in [0.4, 0.5) is 0 Å². The van der Waals surface area contributed by atoms with Crippen molar-refractivity contribution in [3.8, 4) is 5.75 Å². The van der Waals surface area contributed by atoms with Gasteiger partial charge in [0.15, 0.2) is 5.82 Å². The van der Waals surface area contributed by atoms with Crippen molar-refractivity contribution in [1.82, 2.24) is 15.5 Å². The summed E-state index contributed by atoms with van der Waals surface area (Å²) in [5, 5.41) is 7.31. The van der Waals surface area contributed by atoms with Gasteiger partial charge in [0.1, 0.15) is 5.75 Å². The van der Waals surface area contributed by atoms with E-state index in [4.69, 9.17) is 9.26 Å². The first-order chi connectivity index (χ1) is 9.81. The predicted octanol–water partition coefficient (Wildman–Crippen LogP) is 2.08. The molecule has 5 heteroatoms. The van der Waals surface area contributed by atoms with Gasteiger partial charge in [0.05, 0.1) is 12.5 Å². The van der Waals surface area contributed by atoms with Crippen molar-refractivity contribution in [3.63, 3.8) is 0 Å². The molecule has 1 N–H and O–H groups in total. The molecule has 0 amide bonds. The van der Waals surface area contributed by atoms with Crippen LogP contribution in [-0.4, -0.2) is 29.8 Å². The number of aromatic nitrogens is 2. The summed E-state index contributed by atoms with van der Waals surface area (Å²) in [5.74, 6) is 2.72. The minimum atomic E-state index is 0.369. The standard InChI is InChI=1S/C15H19N3O2/c1-11-3-2-4-13(9-11)19-8-6-14-17-15(20-18-14)12-5-7-16-10-12/h2-4,9,12,16H,5-8,10H2,1H3/t12-/m0/s1. The minimum absolute atomic E-state index is 0.369. The number of hydrogen-bond acceptors (Lipinski definition) is 5. The molecule has 1 aromatic carbocycles. The van der Waals surface area contributed by atoms with Crippen LogP contribution in [0.25, 0.3) is 0 Å². The van der Waals surface area contributed by atoms with Crippen molar-refractivity contribution in [3.05, 3.63) is 41.5 Å². The number of nitrogens with zero attached hydrogens (tertiary/aromatic N) is 2. The molecule has 0 unspecified atom stereocenters. The topological polar surface area (TPSA) is 60.2 Å². The summed E-state index contributed by atoms with van der Waals surface area (Å²) in [6.45, 7) is 4.57. The fraction of sp³-hybridized carbons (Fsp3) is 0.467. The predicted molar refractivity (Wildman–Crippen MR) is 74.9 cm³/mol. The molecule has 0 bridgehead atoms. The third-order valence-electron chi connectivity index (χ3n) is 3.48. The van der Waals surface area contributed by atoms with Crippen molar-refractivity contribution >= 4 is 0 Å². The van der Waals surface area contributed by atoms with Gasteiger partial charge in [-0.25, -0.2) is 0 Å². The molecule has 3 rings (SSSR count). The number of benzene rings is 1. The van der Waals surface area contributed by atoms with E-state index in [9.17, 15) is 0 Å². The molecule has 0 saturated carbocycles. The Hall–Kier alpha value is -1.88. The molecule has 1 fully saturated rings. The van der Waals surface area contributed by atoms with Crippen LogP contribution in [0, 0.1) is 6.92 Å². The van der Waals surface area contributed by atoms with Crippen molar-refractivity contribution in [2.24, 2.45) is 0 Å². The first-order valence-electron chi connectivity index (χ1n) is 7.04. The normalized spacial score (nSPS) is 18.4. The van der Waals surface area contributed by atoms with Gasteiger partial charge in [0.25, 0.3) is 0 Å². The summed E-state index contributed by atoms with van der Waals surface area (Å²) < 4.78 is 11.0. The molecule has 106 valence electrons. The highest BCUT2D eigenvalue weighted by Crippen LogP contribution is 2.20. The maximum Gasteiger partial charge on any atom is 0.231 e. The van der Waals surface area contributed by atoms with Crippen LogP contribution in [0.1, 0.15) is 29.6 Å². The van der Waals surface area contributed by atoms with E-state index in [-0.39, 0.29) is 0 Å². The van der Waals surface area contributed by atoms with E-state index in [1.807, 2.05) is 31.2 Å². The monoisotopic (exact) mass is 273 g/mol. The third-order valence-corrected chi connectivity index (χ3v) is 3.48. The summed E-state index contributed by atoms with van der Waals surface area (Å²) in [6.07, 6.45) is 1.74. The second-order valence-electron chi connectivity index (χ2n) is 5.15. The van der Waals surface area contributed by atoms with Crippen LogP contribution < -0.4 is 10.1 Å². The average molecular weight is 273 g/mol. The lowest BCUT2D eigenvalue weighted by atomic mass is 10.1. The summed E-state index contributed by atoms with van der Waals surface area (Å²) >= 11 is 0. The molecule has 2 heterocycles. The third kappa shape index (κ3) is 3.17. The van der Waals surface area contributed by atoms with Crippen molar-refractivity contribution in [2.45, 2.75) is 25.7 Å². The number of nitrogens with one attached hydrogen (secondary N) is 1. The van der Waals surface area contributed by atoms with Crippen molar-refractivity contribution in [1.29, 1.82) is 0 Å². The second kappa shape index (κ2) is 6.05. The molecule has 0 spiro atoms. The van der Waals surface area contributed by atoms with E-state index in [2.05, 4.69) is 15.5 Å². The zero-order valence-corrected chi connectivity index (χ0v) is 11.6. The molecule has 1 atom stereocenters. The molecule has 2 aromatic rings. The van der Waals surface area contributed by atoms with E-state index in [0.717, 1.165) is 37.0 Å². The Morgan fingerprint density at radius 3 is 3.20 bits per heavy atom. The van der Waals surface area contributed by atoms with Crippen LogP contribution in [0.3, 0.4) is 0 Å². The fourth-order valence-corrected chi connectivity index (χ4v) is 2.37. The Kier molecular flexibility index (Phi) is 3.97. The zero-order chi connectivity index (χ0) is 13.8. The largest absolute Gasteiger partial charge is 0.493 e. The average Bonchev–Trinajstić information content (AvgIpc) is 3.09. The quantitative estimate of drug-likeness (QED) is 0.903. The highest BCUT2D eigenvalue weighted by atomic mass is 16.5. The van der Waals surface area contributed by atoms with Gasteiger partial charge in [0.2, 0.25) is 5.89 Å². The summed E-state index contributed by atoms with van der Waals surface area (Å²) in [5.41, 5.74) is 1.19. The fourth-order valence-electron chi connectivity index (χ4n) is 2.37. The maximum atomic E-state index is 5.69. The lowest BCUT2D eigenvalue weighted by Gasteiger charge is -2.04. The van der Waals surface area contributed by atoms with Gasteiger partial charge in [0, 0.05) is 13.0 Å². The van der Waals surface area contributed by atoms with Gasteiger partial charge in [-0.2, -0.15) is 4.98 Å². The molecule has 5 nitrogen and oxygen atoms in total. The minimum Gasteiger partial charge on any atom is -0.493 e. The van der Waals surface area contributed by atoms with Gasteiger partial charge in [-0.1, -0.05) is 17.3 Å². The van der Waals surface area contributed by atoms with Crippen molar-refractivity contribution in [2.75, 3.05) is 19.7 Å². The Bertz CT molecular complexity index is 562. The Morgan fingerprint density at radius 1 is 1.45 bits per heavy atom. The molecule has 1 aliphatic heterocycles. The van der Waals surface area contributed by atoms with E-state index in [1.54, 1.807) is 0 Å². The SMILES string of the molecule is Cc1cccc(OCCc2noc([C@H]3CCNC3)n2)c1. The van der Waals surface area contributed by atoms with Gasteiger partial charge < -0.3 is 14.6 Å². The van der Waals surface area contributed by atoms with E-state index >= 15 is 0 Å². The van der Waals surface area contributed by atoms with E-state index in [1.165, 1.54) is 5.56 Å². The first-order valence-corrected chi connectivity index (χ1v) is 7.04. The summed E-state index contributed by atoms with van der Waals surface area (Å²) in [7, 11) is 0. The van der Waals surface area contributed by atoms with Gasteiger partial charge >= 0.3 is 0 Å². The van der Waals surface area contributed by atoms with Crippen molar-refractivity contribution < 1.29 is 9.26 Å².